The Morgan fingerprint density at radius 3 is 2.74 bits per heavy atom. The van der Waals surface area contributed by atoms with Crippen LogP contribution in [-0.4, -0.2) is 51.5 Å². The number of amides is 1. The number of halogens is 3. The molecule has 9 nitrogen and oxygen atoms in total. The van der Waals surface area contributed by atoms with E-state index in [0.717, 1.165) is 0 Å². The molecule has 2 aromatic heterocycles. The average molecular weight is 471 g/mol. The molecule has 0 aliphatic carbocycles. The Kier molecular flexibility index (Phi) is 6.36. The van der Waals surface area contributed by atoms with Crippen molar-refractivity contribution < 1.29 is 22.7 Å². The average Bonchev–Trinajstić information content (AvgIpc) is 3.45. The van der Waals surface area contributed by atoms with Gasteiger partial charge in [0.25, 0.3) is 0 Å². The van der Waals surface area contributed by atoms with Crippen molar-refractivity contribution in [2.24, 2.45) is 11.7 Å². The van der Waals surface area contributed by atoms with Gasteiger partial charge in [0, 0.05) is 30.9 Å². The van der Waals surface area contributed by atoms with Crippen molar-refractivity contribution in [3.05, 3.63) is 53.7 Å². The molecule has 3 aromatic rings. The fourth-order valence-electron chi connectivity index (χ4n) is 3.72. The van der Waals surface area contributed by atoms with Crippen molar-refractivity contribution in [3.63, 3.8) is 0 Å². The molecule has 1 atom stereocenters. The first kappa shape index (κ1) is 23.0. The van der Waals surface area contributed by atoms with Crippen molar-refractivity contribution in [1.82, 2.24) is 19.7 Å². The van der Waals surface area contributed by atoms with E-state index in [4.69, 9.17) is 5.73 Å². The smallest absolute Gasteiger partial charge is 0.422 e. The van der Waals surface area contributed by atoms with Crippen molar-refractivity contribution in [2.45, 2.75) is 19.1 Å². The Bertz CT molecular complexity index is 1220. The molecule has 1 aromatic carbocycles. The molecule has 1 aliphatic heterocycles. The van der Waals surface area contributed by atoms with E-state index in [9.17, 15) is 23.2 Å². The number of hydrogen-bond donors (Lipinski definition) is 1. The summed E-state index contributed by atoms with van der Waals surface area (Å²) in [5, 5.41) is 17.9. The number of nitriles is 1. The molecule has 0 bridgehead atoms. The molecule has 0 radical (unpaired) electrons. The maximum atomic E-state index is 12.4. The monoisotopic (exact) mass is 471 g/mol. The van der Waals surface area contributed by atoms with Crippen LogP contribution in [0.3, 0.4) is 0 Å². The Balaban J connectivity index is 1.64. The molecule has 1 unspecified atom stereocenters. The summed E-state index contributed by atoms with van der Waals surface area (Å²) < 4.78 is 43.6. The Morgan fingerprint density at radius 2 is 2.09 bits per heavy atom. The summed E-state index contributed by atoms with van der Waals surface area (Å²) in [5.74, 6) is 0.178. The maximum absolute atomic E-state index is 12.4. The van der Waals surface area contributed by atoms with Crippen LogP contribution in [0.4, 0.5) is 19.1 Å². The molecule has 34 heavy (non-hydrogen) atoms. The molecule has 12 heteroatoms. The van der Waals surface area contributed by atoms with Crippen LogP contribution >= 0.6 is 0 Å². The van der Waals surface area contributed by atoms with Gasteiger partial charge in [-0.2, -0.15) is 18.4 Å². The molecule has 1 fully saturated rings. The second-order valence-corrected chi connectivity index (χ2v) is 7.84. The minimum atomic E-state index is -4.46. The van der Waals surface area contributed by atoms with Gasteiger partial charge in [0.05, 0.1) is 24.1 Å². The van der Waals surface area contributed by atoms with Gasteiger partial charge in [-0.05, 0) is 24.1 Å². The first-order valence-electron chi connectivity index (χ1n) is 10.4. The third kappa shape index (κ3) is 5.25. The number of carbonyl (C=O) groups is 1. The van der Waals surface area contributed by atoms with Gasteiger partial charge in [0.15, 0.2) is 12.4 Å². The van der Waals surface area contributed by atoms with Crippen LogP contribution < -0.4 is 15.4 Å². The molecule has 176 valence electrons. The van der Waals surface area contributed by atoms with Gasteiger partial charge >= 0.3 is 6.18 Å². The van der Waals surface area contributed by atoms with Crippen LogP contribution in [0.5, 0.6) is 5.88 Å². The summed E-state index contributed by atoms with van der Waals surface area (Å²) in [6.45, 7) is -0.219. The molecule has 1 aliphatic rings. The van der Waals surface area contributed by atoms with Crippen LogP contribution in [0.15, 0.2) is 42.6 Å². The largest absolute Gasteiger partial charge is 0.468 e. The summed E-state index contributed by atoms with van der Waals surface area (Å²) >= 11 is 0. The van der Waals surface area contributed by atoms with E-state index in [1.54, 1.807) is 30.3 Å². The second kappa shape index (κ2) is 9.38. The lowest BCUT2D eigenvalue weighted by atomic mass is 10.1. The molecule has 4 rings (SSSR count). The Hall–Kier alpha value is -4.14. The fraction of sp³-hybridized carbons (Fsp3) is 0.318. The number of hydrogen-bond acceptors (Lipinski definition) is 7. The highest BCUT2D eigenvalue weighted by atomic mass is 19.4. The number of pyridine rings is 1. The summed E-state index contributed by atoms with van der Waals surface area (Å²) in [6.07, 6.45) is -2.45. The first-order valence-corrected chi connectivity index (χ1v) is 10.4. The van der Waals surface area contributed by atoms with Gasteiger partial charge in [-0.15, -0.1) is 10.2 Å². The topological polar surface area (TPSA) is 123 Å². The molecule has 3 heterocycles. The van der Waals surface area contributed by atoms with E-state index >= 15 is 0 Å². The van der Waals surface area contributed by atoms with E-state index in [-0.39, 0.29) is 24.2 Å². The second-order valence-electron chi connectivity index (χ2n) is 7.84. The van der Waals surface area contributed by atoms with Crippen LogP contribution in [-0.2, 0) is 11.3 Å². The number of alkyl halides is 3. The van der Waals surface area contributed by atoms with Crippen molar-refractivity contribution in [3.8, 4) is 23.3 Å². The quantitative estimate of drug-likeness (QED) is 0.562. The predicted octanol–water partition coefficient (Wildman–Crippen LogP) is 2.51. The van der Waals surface area contributed by atoms with Gasteiger partial charge in [-0.3, -0.25) is 9.36 Å². The maximum Gasteiger partial charge on any atom is 0.422 e. The Morgan fingerprint density at radius 1 is 1.26 bits per heavy atom. The zero-order chi connectivity index (χ0) is 24.3. The summed E-state index contributed by atoms with van der Waals surface area (Å²) in [7, 11) is 0. The molecular formula is C22H20F3N7O2. The standard InChI is InChI=1S/C22H20F3N7O2/c23-22(24,25)13-34-18-5-4-15(10-28-18)11-32-20(16-3-1-2-14(8-16)9-26)29-30-21(32)31-7-6-17(12-31)19(27)33/h1-5,8,10,17H,6-7,11-13H2,(H2,27,33). The zero-order valence-corrected chi connectivity index (χ0v) is 17.9. The van der Waals surface area contributed by atoms with E-state index in [0.29, 0.717) is 48.0 Å². The molecule has 1 saturated heterocycles. The van der Waals surface area contributed by atoms with Gasteiger partial charge in [-0.1, -0.05) is 18.2 Å². The van der Waals surface area contributed by atoms with Gasteiger partial charge in [0.1, 0.15) is 0 Å². The van der Waals surface area contributed by atoms with E-state index < -0.39 is 12.8 Å². The highest BCUT2D eigenvalue weighted by molar-refractivity contribution is 5.78. The van der Waals surface area contributed by atoms with Gasteiger partial charge in [0.2, 0.25) is 17.7 Å². The number of nitrogens with zero attached hydrogens (tertiary/aromatic N) is 6. The lowest BCUT2D eigenvalue weighted by Crippen LogP contribution is -2.29. The minimum Gasteiger partial charge on any atom is -0.468 e. The zero-order valence-electron chi connectivity index (χ0n) is 17.9. The predicted molar refractivity (Wildman–Crippen MR) is 115 cm³/mol. The summed E-state index contributed by atoms with van der Waals surface area (Å²) in [5.41, 5.74) is 7.26. The van der Waals surface area contributed by atoms with Crippen molar-refractivity contribution >= 4 is 11.9 Å². The van der Waals surface area contributed by atoms with Gasteiger partial charge < -0.3 is 15.4 Å². The number of anilines is 1. The van der Waals surface area contributed by atoms with Crippen LogP contribution in [0, 0.1) is 17.2 Å². The number of nitrogens with two attached hydrogens (primary N) is 1. The van der Waals surface area contributed by atoms with E-state index in [1.807, 2.05) is 9.47 Å². The SMILES string of the molecule is N#Cc1cccc(-c2nnc(N3CCC(C(N)=O)C3)n2Cc2ccc(OCC(F)(F)F)nc2)c1. The molecule has 0 spiro atoms. The molecule has 2 N–H and O–H groups in total. The normalized spacial score (nSPS) is 15.8. The number of ether oxygens (including phenoxy) is 1. The highest BCUT2D eigenvalue weighted by Gasteiger charge is 2.31. The summed E-state index contributed by atoms with van der Waals surface area (Å²) in [6, 6.07) is 12.0. The number of rotatable bonds is 7. The first-order chi connectivity index (χ1) is 16.2. The fourth-order valence-corrected chi connectivity index (χ4v) is 3.72. The minimum absolute atomic E-state index is 0.143. The molecule has 1 amide bonds. The third-order valence-electron chi connectivity index (χ3n) is 5.38. The number of aromatic nitrogens is 4. The van der Waals surface area contributed by atoms with E-state index in [1.165, 1.54) is 12.3 Å². The third-order valence-corrected chi connectivity index (χ3v) is 5.38. The van der Waals surface area contributed by atoms with Crippen LogP contribution in [0.25, 0.3) is 11.4 Å². The Labute approximate surface area is 192 Å². The number of benzene rings is 1. The number of carbonyl (C=O) groups excluding carboxylic acids is 1. The summed E-state index contributed by atoms with van der Waals surface area (Å²) in [4.78, 5) is 17.5. The number of primary amides is 1. The lowest BCUT2D eigenvalue weighted by Gasteiger charge is -2.19. The van der Waals surface area contributed by atoms with Gasteiger partial charge in [-0.25, -0.2) is 4.98 Å². The van der Waals surface area contributed by atoms with Crippen LogP contribution in [0.2, 0.25) is 0 Å². The van der Waals surface area contributed by atoms with Crippen LogP contribution in [0.1, 0.15) is 17.5 Å². The van der Waals surface area contributed by atoms with Crippen molar-refractivity contribution in [2.75, 3.05) is 24.6 Å². The molecular weight excluding hydrogens is 451 g/mol. The highest BCUT2D eigenvalue weighted by Crippen LogP contribution is 2.28. The van der Waals surface area contributed by atoms with Crippen molar-refractivity contribution in [1.29, 1.82) is 5.26 Å². The lowest BCUT2D eigenvalue weighted by molar-refractivity contribution is -0.154. The van der Waals surface area contributed by atoms with E-state index in [2.05, 4.69) is 26.0 Å². The molecule has 0 saturated carbocycles.